The van der Waals surface area contributed by atoms with Crippen molar-refractivity contribution < 1.29 is 8.42 Å². The second-order valence-corrected chi connectivity index (χ2v) is 7.51. The molecule has 0 bridgehead atoms. The van der Waals surface area contributed by atoms with Crippen LogP contribution in [-0.4, -0.2) is 41.3 Å². The number of hydrogen-bond donors (Lipinski definition) is 2. The van der Waals surface area contributed by atoms with Crippen molar-refractivity contribution in [3.8, 4) is 5.82 Å². The highest BCUT2D eigenvalue weighted by Crippen LogP contribution is 2.11. The lowest BCUT2D eigenvalue weighted by Gasteiger charge is -2.10. The van der Waals surface area contributed by atoms with E-state index < -0.39 is 10.0 Å². The van der Waals surface area contributed by atoms with Crippen LogP contribution in [0.2, 0.25) is 0 Å². The minimum absolute atomic E-state index is 0.233. The van der Waals surface area contributed by atoms with Crippen molar-refractivity contribution in [3.63, 3.8) is 0 Å². The van der Waals surface area contributed by atoms with Crippen LogP contribution in [0.3, 0.4) is 0 Å². The molecule has 0 amide bonds. The lowest BCUT2D eigenvalue weighted by Crippen LogP contribution is -2.29. The predicted molar refractivity (Wildman–Crippen MR) is 98.7 cm³/mol. The molecule has 0 radical (unpaired) electrons. The van der Waals surface area contributed by atoms with Crippen LogP contribution >= 0.6 is 0 Å². The Kier molecular flexibility index (Phi) is 5.29. The summed E-state index contributed by atoms with van der Waals surface area (Å²) >= 11 is 0. The van der Waals surface area contributed by atoms with Gasteiger partial charge in [0, 0.05) is 31.5 Å². The first-order chi connectivity index (χ1) is 12.4. The maximum Gasteiger partial charge on any atom is 0.240 e. The van der Waals surface area contributed by atoms with E-state index in [4.69, 9.17) is 0 Å². The van der Waals surface area contributed by atoms with Crippen molar-refractivity contribution in [1.82, 2.24) is 24.5 Å². The smallest absolute Gasteiger partial charge is 0.240 e. The van der Waals surface area contributed by atoms with Gasteiger partial charge in [-0.2, -0.15) is 5.10 Å². The van der Waals surface area contributed by atoms with Crippen LogP contribution in [0.5, 0.6) is 0 Å². The molecule has 0 aliphatic heterocycles. The monoisotopic (exact) mass is 372 g/mol. The van der Waals surface area contributed by atoms with Gasteiger partial charge in [0.25, 0.3) is 0 Å². The molecule has 2 heterocycles. The third kappa shape index (κ3) is 4.44. The lowest BCUT2D eigenvalue weighted by atomic mass is 10.2. The zero-order valence-corrected chi connectivity index (χ0v) is 15.4. The molecule has 8 nitrogen and oxygen atoms in total. The molecule has 136 valence electrons. The molecule has 0 unspecified atom stereocenters. The maximum atomic E-state index is 12.2. The highest BCUT2D eigenvalue weighted by Gasteiger charge is 2.12. The van der Waals surface area contributed by atoms with E-state index in [0.29, 0.717) is 24.0 Å². The van der Waals surface area contributed by atoms with E-state index in [1.165, 1.54) is 0 Å². The second kappa shape index (κ2) is 7.63. The van der Waals surface area contributed by atoms with Gasteiger partial charge in [0.05, 0.1) is 4.90 Å². The molecule has 0 aliphatic rings. The van der Waals surface area contributed by atoms with E-state index >= 15 is 0 Å². The van der Waals surface area contributed by atoms with Gasteiger partial charge in [0.15, 0.2) is 5.82 Å². The first-order valence-corrected chi connectivity index (χ1v) is 9.58. The standard InChI is InChI=1S/C17H20N6O2S/c1-13-4-6-15(7-5-13)26(24,25)20-10-9-18-16-12-17(22-14(2)21-16)23-11-3-8-19-23/h3-8,11-12,20H,9-10H2,1-2H3,(H,18,21,22). The van der Waals surface area contributed by atoms with Gasteiger partial charge >= 0.3 is 0 Å². The number of rotatable bonds is 7. The van der Waals surface area contributed by atoms with Gasteiger partial charge in [-0.15, -0.1) is 0 Å². The lowest BCUT2D eigenvalue weighted by molar-refractivity contribution is 0.583. The SMILES string of the molecule is Cc1ccc(S(=O)(=O)NCCNc2cc(-n3cccn3)nc(C)n2)cc1. The summed E-state index contributed by atoms with van der Waals surface area (Å²) < 4.78 is 28.7. The van der Waals surface area contributed by atoms with Gasteiger partial charge in [0.1, 0.15) is 11.6 Å². The third-order valence-corrected chi connectivity index (χ3v) is 5.09. The van der Waals surface area contributed by atoms with E-state index in [1.54, 1.807) is 54.3 Å². The first kappa shape index (κ1) is 18.0. The third-order valence-electron chi connectivity index (χ3n) is 3.62. The Bertz CT molecular complexity index is 969. The molecule has 0 aliphatic carbocycles. The van der Waals surface area contributed by atoms with Crippen LogP contribution in [-0.2, 0) is 10.0 Å². The molecular formula is C17H20N6O2S. The van der Waals surface area contributed by atoms with Crippen molar-refractivity contribution in [2.45, 2.75) is 18.7 Å². The molecular weight excluding hydrogens is 352 g/mol. The minimum atomic E-state index is -3.52. The average molecular weight is 372 g/mol. The Labute approximate surface area is 152 Å². The fraction of sp³-hybridized carbons (Fsp3) is 0.235. The van der Waals surface area contributed by atoms with Crippen molar-refractivity contribution in [2.24, 2.45) is 0 Å². The van der Waals surface area contributed by atoms with Crippen LogP contribution in [0.1, 0.15) is 11.4 Å². The maximum absolute atomic E-state index is 12.2. The zero-order chi connectivity index (χ0) is 18.6. The number of nitrogens with zero attached hydrogens (tertiary/aromatic N) is 4. The molecule has 3 aromatic rings. The predicted octanol–water partition coefficient (Wildman–Crippen LogP) is 1.67. The Hall–Kier alpha value is -2.78. The molecule has 2 aromatic heterocycles. The largest absolute Gasteiger partial charge is 0.369 e. The Balaban J connectivity index is 1.59. The number of anilines is 1. The molecule has 1 aromatic carbocycles. The van der Waals surface area contributed by atoms with Gasteiger partial charge in [0.2, 0.25) is 10.0 Å². The van der Waals surface area contributed by atoms with Gasteiger partial charge in [-0.25, -0.2) is 27.8 Å². The molecule has 0 saturated heterocycles. The number of nitrogens with one attached hydrogen (secondary N) is 2. The van der Waals surface area contributed by atoms with E-state index in [2.05, 4.69) is 25.1 Å². The normalized spacial score (nSPS) is 11.5. The van der Waals surface area contributed by atoms with Crippen molar-refractivity contribution in [2.75, 3.05) is 18.4 Å². The molecule has 0 spiro atoms. The van der Waals surface area contributed by atoms with Gasteiger partial charge in [-0.05, 0) is 32.0 Å². The van der Waals surface area contributed by atoms with E-state index in [9.17, 15) is 8.42 Å². The quantitative estimate of drug-likeness (QED) is 0.612. The Morgan fingerprint density at radius 1 is 1.08 bits per heavy atom. The van der Waals surface area contributed by atoms with E-state index in [-0.39, 0.29) is 11.4 Å². The molecule has 0 fully saturated rings. The molecule has 2 N–H and O–H groups in total. The summed E-state index contributed by atoms with van der Waals surface area (Å²) in [5.41, 5.74) is 1.01. The molecule has 0 saturated carbocycles. The van der Waals surface area contributed by atoms with Crippen LogP contribution in [0.25, 0.3) is 5.82 Å². The second-order valence-electron chi connectivity index (χ2n) is 5.75. The number of sulfonamides is 1. The number of benzene rings is 1. The fourth-order valence-electron chi connectivity index (χ4n) is 2.34. The summed E-state index contributed by atoms with van der Waals surface area (Å²) in [7, 11) is -3.52. The highest BCUT2D eigenvalue weighted by molar-refractivity contribution is 7.89. The number of aryl methyl sites for hydroxylation is 2. The van der Waals surface area contributed by atoms with Crippen molar-refractivity contribution in [1.29, 1.82) is 0 Å². The highest BCUT2D eigenvalue weighted by atomic mass is 32.2. The summed E-state index contributed by atoms with van der Waals surface area (Å²) in [6.45, 7) is 4.32. The Morgan fingerprint density at radius 2 is 1.85 bits per heavy atom. The van der Waals surface area contributed by atoms with Crippen molar-refractivity contribution >= 4 is 15.8 Å². The van der Waals surface area contributed by atoms with Crippen LogP contribution in [0.4, 0.5) is 5.82 Å². The molecule has 3 rings (SSSR count). The van der Waals surface area contributed by atoms with E-state index in [0.717, 1.165) is 5.56 Å². The molecule has 9 heteroatoms. The fourth-order valence-corrected chi connectivity index (χ4v) is 3.37. The van der Waals surface area contributed by atoms with Crippen LogP contribution in [0.15, 0.2) is 53.7 Å². The summed E-state index contributed by atoms with van der Waals surface area (Å²) in [6.07, 6.45) is 3.46. The van der Waals surface area contributed by atoms with Gasteiger partial charge < -0.3 is 5.32 Å². The first-order valence-electron chi connectivity index (χ1n) is 8.10. The van der Waals surface area contributed by atoms with Gasteiger partial charge in [-0.3, -0.25) is 0 Å². The molecule has 0 atom stereocenters. The van der Waals surface area contributed by atoms with Crippen molar-refractivity contribution in [3.05, 3.63) is 60.2 Å². The number of aromatic nitrogens is 4. The topological polar surface area (TPSA) is 102 Å². The van der Waals surface area contributed by atoms with Gasteiger partial charge in [-0.1, -0.05) is 17.7 Å². The van der Waals surface area contributed by atoms with E-state index in [1.807, 2.05) is 13.0 Å². The summed E-state index contributed by atoms with van der Waals surface area (Å²) in [5, 5.41) is 7.25. The average Bonchev–Trinajstić information content (AvgIpc) is 3.13. The summed E-state index contributed by atoms with van der Waals surface area (Å²) in [5.74, 6) is 1.85. The Morgan fingerprint density at radius 3 is 2.54 bits per heavy atom. The molecule has 26 heavy (non-hydrogen) atoms. The minimum Gasteiger partial charge on any atom is -0.369 e. The summed E-state index contributed by atoms with van der Waals surface area (Å²) in [6, 6.07) is 10.3. The zero-order valence-electron chi connectivity index (χ0n) is 14.5. The number of hydrogen-bond acceptors (Lipinski definition) is 6. The van der Waals surface area contributed by atoms with Crippen LogP contribution < -0.4 is 10.0 Å². The summed E-state index contributed by atoms with van der Waals surface area (Å²) in [4.78, 5) is 8.89. The van der Waals surface area contributed by atoms with Crippen LogP contribution in [0, 0.1) is 13.8 Å².